The van der Waals surface area contributed by atoms with Crippen molar-refractivity contribution in [3.63, 3.8) is 0 Å². The molecular weight excluding hydrogens is 734 g/mol. The molecule has 2 bridgehead atoms. The predicted octanol–water partition coefficient (Wildman–Crippen LogP) is 4.64. The fourth-order valence-corrected chi connectivity index (χ4v) is 9.44. The molecule has 322 valence electrons. The van der Waals surface area contributed by atoms with Gasteiger partial charge in [-0.05, 0) is 100 Å². The van der Waals surface area contributed by atoms with Gasteiger partial charge in [0.2, 0.25) is 5.79 Å². The summed E-state index contributed by atoms with van der Waals surface area (Å²) in [5, 5.41) is 34.1. The van der Waals surface area contributed by atoms with E-state index in [4.69, 9.17) is 23.7 Å². The van der Waals surface area contributed by atoms with E-state index in [-0.39, 0.29) is 55.4 Å². The lowest BCUT2D eigenvalue weighted by molar-refractivity contribution is -0.302. The molecule has 0 aromatic carbocycles. The minimum atomic E-state index is -2.51. The molecule has 3 fully saturated rings. The van der Waals surface area contributed by atoms with Gasteiger partial charge in [-0.2, -0.15) is 0 Å². The van der Waals surface area contributed by atoms with Crippen LogP contribution in [0.5, 0.6) is 0 Å². The molecule has 3 heterocycles. The largest absolute Gasteiger partial charge is 0.456 e. The van der Waals surface area contributed by atoms with E-state index in [0.717, 1.165) is 0 Å². The Hall–Kier alpha value is -2.78. The number of piperidine rings is 1. The van der Waals surface area contributed by atoms with Crippen LogP contribution in [0.1, 0.15) is 105 Å². The van der Waals surface area contributed by atoms with Crippen LogP contribution in [0.25, 0.3) is 0 Å². The lowest BCUT2D eigenvalue weighted by Gasteiger charge is -2.47. The molecule has 0 radical (unpaired) electrons. The fourth-order valence-electron chi connectivity index (χ4n) is 9.44. The Bertz CT molecular complexity index is 1480. The van der Waals surface area contributed by atoms with E-state index in [9.17, 15) is 34.5 Å². The minimum Gasteiger partial charge on any atom is -0.456 e. The molecule has 2 saturated heterocycles. The maximum absolute atomic E-state index is 14.3. The number of Topliss-reactive ketones (excluding diaryl/α,β-unsaturated/α-hetero) is 2. The third-order valence-corrected chi connectivity index (χ3v) is 12.8. The van der Waals surface area contributed by atoms with Crippen molar-refractivity contribution in [3.05, 3.63) is 36.0 Å². The molecule has 3 aliphatic heterocycles. The Kier molecular flexibility index (Phi) is 17.2. The number of cyclic esters (lactones) is 1. The van der Waals surface area contributed by atoms with E-state index in [1.807, 2.05) is 26.0 Å². The minimum absolute atomic E-state index is 0.0120. The molecule has 14 atom stereocenters. The van der Waals surface area contributed by atoms with Crippen LogP contribution in [0.4, 0.5) is 0 Å². The van der Waals surface area contributed by atoms with Gasteiger partial charge >= 0.3 is 5.97 Å². The number of carbonyl (C=O) groups is 4. The number of nitrogens with zero attached hydrogens (tertiary/aromatic N) is 1. The Morgan fingerprint density at radius 2 is 1.58 bits per heavy atom. The van der Waals surface area contributed by atoms with E-state index in [1.54, 1.807) is 27.0 Å². The molecule has 3 N–H and O–H groups in total. The summed E-state index contributed by atoms with van der Waals surface area (Å²) in [6.45, 7) is 13.2. The second kappa shape index (κ2) is 21.0. The highest BCUT2D eigenvalue weighted by atomic mass is 16.7. The van der Waals surface area contributed by atoms with Gasteiger partial charge in [0.05, 0.1) is 30.5 Å². The number of fused-ring (bicyclic) bond motifs is 3. The van der Waals surface area contributed by atoms with E-state index >= 15 is 0 Å². The molecule has 13 nitrogen and oxygen atoms in total. The Balaban J connectivity index is 1.78. The number of rotatable bonds is 7. The predicted molar refractivity (Wildman–Crippen MR) is 213 cm³/mol. The van der Waals surface area contributed by atoms with Gasteiger partial charge in [-0.15, -0.1) is 6.58 Å². The van der Waals surface area contributed by atoms with Gasteiger partial charge in [-0.1, -0.05) is 45.9 Å². The molecular formula is C44H69NO12. The lowest BCUT2D eigenvalue weighted by atomic mass is 9.81. The van der Waals surface area contributed by atoms with Gasteiger partial charge in [-0.3, -0.25) is 14.4 Å². The van der Waals surface area contributed by atoms with Crippen molar-refractivity contribution >= 4 is 23.4 Å². The number of esters is 1. The van der Waals surface area contributed by atoms with Crippen LogP contribution in [-0.2, 0) is 42.9 Å². The van der Waals surface area contributed by atoms with Crippen molar-refractivity contribution in [2.45, 2.75) is 160 Å². The molecule has 1 aliphatic carbocycles. The zero-order chi connectivity index (χ0) is 42.2. The molecule has 1 amide bonds. The third-order valence-electron chi connectivity index (χ3n) is 12.8. The van der Waals surface area contributed by atoms with Gasteiger partial charge in [0.25, 0.3) is 11.7 Å². The number of carbonyl (C=O) groups excluding carboxylic acids is 4. The monoisotopic (exact) mass is 803 g/mol. The highest BCUT2D eigenvalue weighted by Gasteiger charge is 2.56. The lowest BCUT2D eigenvalue weighted by Crippen LogP contribution is -2.64. The summed E-state index contributed by atoms with van der Waals surface area (Å²) in [5.74, 6) is -7.32. The van der Waals surface area contributed by atoms with Crippen LogP contribution in [-0.4, -0.2) is 126 Å². The van der Waals surface area contributed by atoms with Crippen molar-refractivity contribution in [1.82, 2.24) is 4.90 Å². The van der Waals surface area contributed by atoms with Crippen LogP contribution in [0.3, 0.4) is 0 Å². The first-order valence-electron chi connectivity index (χ1n) is 20.9. The third kappa shape index (κ3) is 11.3. The summed E-state index contributed by atoms with van der Waals surface area (Å²) < 4.78 is 29.8. The topological polar surface area (TPSA) is 178 Å². The smallest absolute Gasteiger partial charge is 0.329 e. The average molecular weight is 804 g/mol. The molecule has 0 aromatic heterocycles. The van der Waals surface area contributed by atoms with Gasteiger partial charge in [0.15, 0.2) is 5.78 Å². The van der Waals surface area contributed by atoms with Crippen LogP contribution in [0, 0.1) is 29.6 Å². The average Bonchev–Trinajstić information content (AvgIpc) is 3.18. The van der Waals surface area contributed by atoms with E-state index in [0.29, 0.717) is 62.5 Å². The summed E-state index contributed by atoms with van der Waals surface area (Å²) >= 11 is 0. The number of ketones is 2. The van der Waals surface area contributed by atoms with Crippen LogP contribution in [0.15, 0.2) is 36.0 Å². The van der Waals surface area contributed by atoms with Crippen molar-refractivity contribution in [1.29, 1.82) is 0 Å². The Morgan fingerprint density at radius 3 is 2.23 bits per heavy atom. The van der Waals surface area contributed by atoms with Crippen molar-refractivity contribution in [2.24, 2.45) is 29.6 Å². The second-order valence-corrected chi connectivity index (χ2v) is 17.3. The second-order valence-electron chi connectivity index (χ2n) is 17.3. The number of ether oxygens (including phenoxy) is 5. The maximum atomic E-state index is 14.3. The van der Waals surface area contributed by atoms with Gasteiger partial charge < -0.3 is 43.9 Å². The first-order valence-corrected chi connectivity index (χ1v) is 20.9. The van der Waals surface area contributed by atoms with Crippen LogP contribution in [0.2, 0.25) is 0 Å². The summed E-state index contributed by atoms with van der Waals surface area (Å²) in [6, 6.07) is -1.14. The first-order chi connectivity index (χ1) is 27.0. The van der Waals surface area contributed by atoms with E-state index in [2.05, 4.69) is 13.5 Å². The maximum Gasteiger partial charge on any atom is 0.329 e. The van der Waals surface area contributed by atoms with E-state index < -0.39 is 77.9 Å². The molecule has 0 aromatic rings. The first kappa shape index (κ1) is 46.9. The highest BCUT2D eigenvalue weighted by Crippen LogP contribution is 2.39. The van der Waals surface area contributed by atoms with Crippen LogP contribution >= 0.6 is 0 Å². The van der Waals surface area contributed by atoms with Gasteiger partial charge in [-0.25, -0.2) is 4.79 Å². The molecule has 13 heteroatoms. The molecule has 4 aliphatic rings. The summed E-state index contributed by atoms with van der Waals surface area (Å²) in [6.07, 6.45) is 4.89. The van der Waals surface area contributed by atoms with Gasteiger partial charge in [0, 0.05) is 46.1 Å². The van der Waals surface area contributed by atoms with Crippen molar-refractivity contribution < 1.29 is 58.2 Å². The van der Waals surface area contributed by atoms with Crippen molar-refractivity contribution in [3.8, 4) is 0 Å². The molecule has 57 heavy (non-hydrogen) atoms. The zero-order valence-corrected chi connectivity index (χ0v) is 35.4. The Morgan fingerprint density at radius 1 is 0.912 bits per heavy atom. The van der Waals surface area contributed by atoms with Crippen molar-refractivity contribution in [2.75, 3.05) is 27.9 Å². The number of aliphatic hydroxyl groups is 3. The quantitative estimate of drug-likeness (QED) is 0.185. The fraction of sp³-hybridized carbons (Fsp3) is 0.773. The number of hydrogen-bond donors (Lipinski definition) is 3. The van der Waals surface area contributed by atoms with Crippen LogP contribution < -0.4 is 0 Å². The summed E-state index contributed by atoms with van der Waals surface area (Å²) in [4.78, 5) is 57.8. The summed E-state index contributed by atoms with van der Waals surface area (Å²) in [5.41, 5.74) is 1.18. The standard InChI is InChI=1S/C44H69NO12/c1-10-13-31-19-25(2)18-26(3)20-37(54-8)40-38(55-9)22-28(5)44(52,57-40)41(49)42(50)45-17-12-11-14-32(45)43(51)56-39(29(6)34(47)24-35(31)48)27(4)21-30-15-16-33(46)36(23-30)53-7/h10,19,21,25-26,28-30,32-34,36-40,46-47,52H,1,11-18,20,22-24H2,2-9H3/b27-21?,31-19+/t25?,26-,28+,29+,30-,32-,33+,34-,36+,37-,38-,39+,40+,44+/m0/s1. The zero-order valence-electron chi connectivity index (χ0n) is 35.4. The van der Waals surface area contributed by atoms with Gasteiger partial charge in [0.1, 0.15) is 18.2 Å². The number of methoxy groups -OCH3 is 3. The number of amides is 1. The normalized spacial score (nSPS) is 41.0. The molecule has 4 rings (SSSR count). The number of hydrogen-bond acceptors (Lipinski definition) is 12. The Labute approximate surface area is 339 Å². The molecule has 1 saturated carbocycles. The van der Waals surface area contributed by atoms with E-state index in [1.165, 1.54) is 19.1 Å². The highest BCUT2D eigenvalue weighted by molar-refractivity contribution is 6.39. The number of aliphatic hydroxyl groups excluding tert-OH is 2. The molecule has 0 spiro atoms. The number of allylic oxidation sites excluding steroid dienone is 4. The summed E-state index contributed by atoms with van der Waals surface area (Å²) in [7, 11) is 4.61. The molecule has 1 unspecified atom stereocenters. The SMILES string of the molecule is C=CC/C1=C\C(C)C[C@H](C)C[C@H](OC)[C@H]2O[C@@](O)(C(=O)C(=O)N3CCCC[C@H]3C(=O)O[C@H](C(C)=C[C@@H]3CC[C@@H](O)[C@H](OC)C3)[C@H](C)[C@@H](O)CC1=O)[C@H](C)C[C@@H]2OC.